The van der Waals surface area contributed by atoms with Crippen molar-refractivity contribution in [2.24, 2.45) is 7.05 Å². The lowest BCUT2D eigenvalue weighted by Gasteiger charge is -2.14. The smallest absolute Gasteiger partial charge is 0.319 e. The molecule has 2 heterocycles. The van der Waals surface area contributed by atoms with Gasteiger partial charge in [-0.15, -0.1) is 10.2 Å². The van der Waals surface area contributed by atoms with E-state index in [9.17, 15) is 4.79 Å². The number of aromatic nitrogens is 4. The summed E-state index contributed by atoms with van der Waals surface area (Å²) in [7, 11) is 3.31. The first-order chi connectivity index (χ1) is 9.61. The van der Waals surface area contributed by atoms with Gasteiger partial charge in [-0.3, -0.25) is 0 Å². The summed E-state index contributed by atoms with van der Waals surface area (Å²) in [4.78, 5) is 15.9. The number of nitrogens with one attached hydrogen (secondary N) is 2. The quantitative estimate of drug-likeness (QED) is 0.872. The zero-order valence-electron chi connectivity index (χ0n) is 11.5. The van der Waals surface area contributed by atoms with Crippen molar-refractivity contribution in [2.75, 3.05) is 12.4 Å². The minimum absolute atomic E-state index is 0.273. The molecule has 0 aliphatic rings. The van der Waals surface area contributed by atoms with Gasteiger partial charge >= 0.3 is 6.03 Å². The maximum Gasteiger partial charge on any atom is 0.319 e. The van der Waals surface area contributed by atoms with Gasteiger partial charge in [-0.2, -0.15) is 0 Å². The van der Waals surface area contributed by atoms with Gasteiger partial charge in [0.25, 0.3) is 0 Å². The number of aryl methyl sites for hydroxylation is 1. The molecule has 0 aliphatic carbocycles. The molecule has 106 valence electrons. The Hall–Kier alpha value is -2.64. The third kappa shape index (κ3) is 3.02. The van der Waals surface area contributed by atoms with Gasteiger partial charge in [0, 0.05) is 13.2 Å². The number of hydrogen-bond acceptors (Lipinski definition) is 5. The third-order valence-electron chi connectivity index (χ3n) is 2.69. The second-order valence-electron chi connectivity index (χ2n) is 4.18. The lowest BCUT2D eigenvalue weighted by molar-refractivity contribution is 0.248. The summed E-state index contributed by atoms with van der Waals surface area (Å²) in [6.07, 6.45) is 3.17. The molecular formula is C12H16N6O2. The number of ether oxygens (including phenoxy) is 1. The Morgan fingerprint density at radius 3 is 2.95 bits per heavy atom. The Kier molecular flexibility index (Phi) is 4.14. The number of hydrogen-bond donors (Lipinski definition) is 2. The number of pyridine rings is 1. The monoisotopic (exact) mass is 276 g/mol. The molecular weight excluding hydrogens is 260 g/mol. The fraction of sp³-hybridized carbons (Fsp3) is 0.333. The summed E-state index contributed by atoms with van der Waals surface area (Å²) in [5.74, 6) is 1.02. The predicted octanol–water partition coefficient (Wildman–Crippen LogP) is 1.10. The van der Waals surface area contributed by atoms with E-state index in [0.717, 1.165) is 0 Å². The fourth-order valence-corrected chi connectivity index (χ4v) is 1.75. The molecule has 2 rings (SSSR count). The van der Waals surface area contributed by atoms with Crippen LogP contribution in [0.15, 0.2) is 24.7 Å². The van der Waals surface area contributed by atoms with Crippen molar-refractivity contribution in [1.29, 1.82) is 0 Å². The molecule has 0 bridgehead atoms. The summed E-state index contributed by atoms with van der Waals surface area (Å²) in [6, 6.07) is 2.78. The highest BCUT2D eigenvalue weighted by atomic mass is 16.5. The van der Waals surface area contributed by atoms with Crippen LogP contribution in [0.2, 0.25) is 0 Å². The molecule has 8 nitrogen and oxygen atoms in total. The van der Waals surface area contributed by atoms with Crippen LogP contribution < -0.4 is 15.4 Å². The average Bonchev–Trinajstić information content (AvgIpc) is 2.85. The maximum absolute atomic E-state index is 11.9. The van der Waals surface area contributed by atoms with Crippen LogP contribution in [0.25, 0.3) is 0 Å². The minimum atomic E-state index is -0.369. The second-order valence-corrected chi connectivity index (χ2v) is 4.18. The number of nitrogens with zero attached hydrogens (tertiary/aromatic N) is 4. The summed E-state index contributed by atoms with van der Waals surface area (Å²) in [5, 5.41) is 13.2. The third-order valence-corrected chi connectivity index (χ3v) is 2.69. The molecule has 2 aromatic heterocycles. The van der Waals surface area contributed by atoms with E-state index in [-0.39, 0.29) is 12.1 Å². The molecule has 0 aromatic carbocycles. The van der Waals surface area contributed by atoms with Crippen LogP contribution in [0.1, 0.15) is 18.8 Å². The lowest BCUT2D eigenvalue weighted by atomic mass is 10.3. The van der Waals surface area contributed by atoms with E-state index in [1.165, 1.54) is 7.11 Å². The average molecular weight is 276 g/mol. The molecule has 0 saturated carbocycles. The molecule has 0 spiro atoms. The fourth-order valence-electron chi connectivity index (χ4n) is 1.75. The van der Waals surface area contributed by atoms with Crippen molar-refractivity contribution in [3.63, 3.8) is 0 Å². The largest absolute Gasteiger partial charge is 0.480 e. The van der Waals surface area contributed by atoms with Crippen LogP contribution in [0.3, 0.4) is 0 Å². The highest BCUT2D eigenvalue weighted by Crippen LogP contribution is 2.19. The van der Waals surface area contributed by atoms with Crippen molar-refractivity contribution >= 4 is 11.7 Å². The van der Waals surface area contributed by atoms with Crippen molar-refractivity contribution in [1.82, 2.24) is 25.1 Å². The Balaban J connectivity index is 2.01. The van der Waals surface area contributed by atoms with Gasteiger partial charge in [0.1, 0.15) is 12.0 Å². The molecule has 0 radical (unpaired) electrons. The zero-order chi connectivity index (χ0) is 14.5. The molecule has 0 unspecified atom stereocenters. The standard InChI is InChI=1S/C12H16N6O2/c1-8(10-17-14-7-18(10)2)15-12(19)16-9-5-4-6-13-11(9)20-3/h4-8H,1-3H3,(H2,15,16,19)/t8-/m0/s1. The minimum Gasteiger partial charge on any atom is -0.480 e. The van der Waals surface area contributed by atoms with Crippen LogP contribution in [0, 0.1) is 0 Å². The first-order valence-corrected chi connectivity index (χ1v) is 6.02. The van der Waals surface area contributed by atoms with Gasteiger partial charge < -0.3 is 19.9 Å². The van der Waals surface area contributed by atoms with E-state index in [0.29, 0.717) is 17.4 Å². The molecule has 0 fully saturated rings. The van der Waals surface area contributed by atoms with Gasteiger partial charge in [-0.25, -0.2) is 9.78 Å². The van der Waals surface area contributed by atoms with Crippen molar-refractivity contribution < 1.29 is 9.53 Å². The lowest BCUT2D eigenvalue weighted by Crippen LogP contribution is -2.32. The van der Waals surface area contributed by atoms with E-state index in [4.69, 9.17) is 4.74 Å². The second kappa shape index (κ2) is 6.00. The van der Waals surface area contributed by atoms with E-state index in [1.807, 2.05) is 14.0 Å². The van der Waals surface area contributed by atoms with Gasteiger partial charge in [0.15, 0.2) is 5.82 Å². The van der Waals surface area contributed by atoms with Crippen molar-refractivity contribution in [3.8, 4) is 5.88 Å². The van der Waals surface area contributed by atoms with E-state index < -0.39 is 0 Å². The first-order valence-electron chi connectivity index (χ1n) is 6.02. The summed E-state index contributed by atoms with van der Waals surface area (Å²) >= 11 is 0. The van der Waals surface area contributed by atoms with E-state index >= 15 is 0 Å². The van der Waals surface area contributed by atoms with Crippen molar-refractivity contribution in [3.05, 3.63) is 30.5 Å². The SMILES string of the molecule is COc1ncccc1NC(=O)N[C@@H](C)c1nncn1C. The van der Waals surface area contributed by atoms with Gasteiger partial charge in [-0.1, -0.05) is 0 Å². The maximum atomic E-state index is 11.9. The Morgan fingerprint density at radius 1 is 1.50 bits per heavy atom. The van der Waals surface area contributed by atoms with Crippen LogP contribution in [0.5, 0.6) is 5.88 Å². The van der Waals surface area contributed by atoms with Crippen LogP contribution >= 0.6 is 0 Å². The van der Waals surface area contributed by atoms with E-state index in [1.54, 1.807) is 29.2 Å². The van der Waals surface area contributed by atoms with Gasteiger partial charge in [0.2, 0.25) is 5.88 Å². The highest BCUT2D eigenvalue weighted by Gasteiger charge is 2.15. The van der Waals surface area contributed by atoms with E-state index in [2.05, 4.69) is 25.8 Å². The predicted molar refractivity (Wildman–Crippen MR) is 72.4 cm³/mol. The molecule has 2 aromatic rings. The highest BCUT2D eigenvalue weighted by molar-refractivity contribution is 5.90. The summed E-state index contributed by atoms with van der Waals surface area (Å²) in [5.41, 5.74) is 0.498. The number of carbonyl (C=O) groups excluding carboxylic acids is 1. The van der Waals surface area contributed by atoms with Gasteiger partial charge in [-0.05, 0) is 19.1 Å². The van der Waals surface area contributed by atoms with Crippen LogP contribution in [0.4, 0.5) is 10.5 Å². The molecule has 2 amide bonds. The van der Waals surface area contributed by atoms with Crippen LogP contribution in [-0.2, 0) is 7.05 Å². The topological polar surface area (TPSA) is 94.0 Å². The summed E-state index contributed by atoms with van der Waals surface area (Å²) in [6.45, 7) is 1.82. The molecule has 2 N–H and O–H groups in total. The Morgan fingerprint density at radius 2 is 2.30 bits per heavy atom. The first kappa shape index (κ1) is 13.8. The Bertz CT molecular complexity index is 597. The molecule has 1 atom stereocenters. The zero-order valence-corrected chi connectivity index (χ0v) is 11.5. The number of methoxy groups -OCH3 is 1. The van der Waals surface area contributed by atoms with Gasteiger partial charge in [0.05, 0.1) is 13.2 Å². The normalized spacial score (nSPS) is 11.8. The molecule has 0 aliphatic heterocycles. The van der Waals surface area contributed by atoms with Crippen LogP contribution in [-0.4, -0.2) is 32.9 Å². The molecule has 20 heavy (non-hydrogen) atoms. The molecule has 0 saturated heterocycles. The number of anilines is 1. The number of amides is 2. The summed E-state index contributed by atoms with van der Waals surface area (Å²) < 4.78 is 6.81. The molecule has 8 heteroatoms. The number of urea groups is 1. The number of carbonyl (C=O) groups is 1. The Labute approximate surface area is 116 Å². The van der Waals surface area contributed by atoms with Crippen molar-refractivity contribution in [2.45, 2.75) is 13.0 Å². The number of rotatable bonds is 4.